The number of nitrogens with zero attached hydrogens (tertiary/aromatic N) is 3. The van der Waals surface area contributed by atoms with Gasteiger partial charge in [-0.2, -0.15) is 0 Å². The molecule has 4 heterocycles. The minimum Gasteiger partial charge on any atom is -0.370 e. The molecular weight excluding hydrogens is 272 g/mol. The molecule has 0 radical (unpaired) electrons. The Hall–Kier alpha value is -1.13. The minimum atomic E-state index is 0.824. The summed E-state index contributed by atoms with van der Waals surface area (Å²) in [7, 11) is 0. The topological polar surface area (TPSA) is 31.4 Å². The van der Waals surface area contributed by atoms with E-state index in [9.17, 15) is 0 Å². The van der Waals surface area contributed by atoms with E-state index < -0.39 is 0 Å². The van der Waals surface area contributed by atoms with Gasteiger partial charge in [0.05, 0.1) is 11.9 Å². The van der Waals surface area contributed by atoms with Gasteiger partial charge in [-0.3, -0.25) is 9.88 Å². The Kier molecular flexibility index (Phi) is 4.30. The highest BCUT2D eigenvalue weighted by Gasteiger charge is 2.36. The van der Waals surface area contributed by atoms with Gasteiger partial charge in [0.25, 0.3) is 0 Å². The molecule has 3 atom stereocenters. The van der Waals surface area contributed by atoms with Gasteiger partial charge in [0, 0.05) is 38.4 Å². The molecule has 0 saturated carbocycles. The number of anilines is 1. The zero-order valence-corrected chi connectivity index (χ0v) is 13.5. The third-order valence-corrected chi connectivity index (χ3v) is 5.68. The molecule has 120 valence electrons. The maximum atomic E-state index is 4.29. The van der Waals surface area contributed by atoms with E-state index in [0.29, 0.717) is 0 Å². The number of aromatic nitrogens is 1. The van der Waals surface area contributed by atoms with Gasteiger partial charge in [-0.25, -0.2) is 0 Å². The molecule has 4 rings (SSSR count). The highest BCUT2D eigenvalue weighted by Crippen LogP contribution is 2.33. The van der Waals surface area contributed by atoms with E-state index in [-0.39, 0.29) is 0 Å². The Morgan fingerprint density at radius 1 is 1.05 bits per heavy atom. The fourth-order valence-corrected chi connectivity index (χ4v) is 4.74. The number of hydrogen-bond donors (Lipinski definition) is 1. The molecular formula is C18H28N4. The summed E-state index contributed by atoms with van der Waals surface area (Å²) in [6, 6.07) is 5.10. The number of piperidine rings is 2. The molecule has 3 aliphatic heterocycles. The molecule has 22 heavy (non-hydrogen) atoms. The van der Waals surface area contributed by atoms with Crippen LogP contribution in [-0.2, 0) is 0 Å². The van der Waals surface area contributed by atoms with Crippen molar-refractivity contribution in [3.63, 3.8) is 0 Å². The second-order valence-corrected chi connectivity index (χ2v) is 7.37. The van der Waals surface area contributed by atoms with Crippen LogP contribution in [0.1, 0.15) is 25.7 Å². The van der Waals surface area contributed by atoms with Gasteiger partial charge in [-0.15, -0.1) is 0 Å². The van der Waals surface area contributed by atoms with Crippen molar-refractivity contribution in [1.82, 2.24) is 15.2 Å². The van der Waals surface area contributed by atoms with Gasteiger partial charge in [0.15, 0.2) is 0 Å². The Bertz CT molecular complexity index is 455. The van der Waals surface area contributed by atoms with Crippen molar-refractivity contribution in [3.05, 3.63) is 24.5 Å². The third kappa shape index (κ3) is 3.13. The fourth-order valence-electron chi connectivity index (χ4n) is 4.74. The molecule has 1 N–H and O–H groups in total. The maximum absolute atomic E-state index is 4.29. The Morgan fingerprint density at radius 3 is 2.68 bits per heavy atom. The van der Waals surface area contributed by atoms with Crippen molar-refractivity contribution in [2.24, 2.45) is 11.8 Å². The van der Waals surface area contributed by atoms with E-state index in [1.54, 1.807) is 0 Å². The van der Waals surface area contributed by atoms with Crippen LogP contribution in [0.2, 0.25) is 0 Å². The van der Waals surface area contributed by atoms with E-state index in [0.717, 1.165) is 17.9 Å². The second-order valence-electron chi connectivity index (χ2n) is 7.37. The van der Waals surface area contributed by atoms with E-state index in [1.807, 2.05) is 12.4 Å². The number of likely N-dealkylation sites (tertiary alicyclic amines) is 1. The predicted molar refractivity (Wildman–Crippen MR) is 90.1 cm³/mol. The second kappa shape index (κ2) is 6.55. The average molecular weight is 300 g/mol. The van der Waals surface area contributed by atoms with Crippen LogP contribution in [0, 0.1) is 11.8 Å². The van der Waals surface area contributed by atoms with E-state index in [4.69, 9.17) is 0 Å². The smallest absolute Gasteiger partial charge is 0.0552 e. The number of hydrogen-bond acceptors (Lipinski definition) is 4. The molecule has 3 unspecified atom stereocenters. The van der Waals surface area contributed by atoms with Crippen molar-refractivity contribution >= 4 is 5.69 Å². The Labute approximate surface area is 133 Å². The lowest BCUT2D eigenvalue weighted by Gasteiger charge is -2.48. The Balaban J connectivity index is 1.41. The SMILES string of the molecule is c1cncc(N2CC3CC(C2)CN(C2CCCNCC2)C3)c1. The van der Waals surface area contributed by atoms with Crippen LogP contribution < -0.4 is 10.2 Å². The molecule has 0 amide bonds. The lowest BCUT2D eigenvalue weighted by atomic mass is 9.83. The molecule has 1 aromatic rings. The zero-order valence-electron chi connectivity index (χ0n) is 13.5. The number of nitrogens with one attached hydrogen (secondary N) is 1. The highest BCUT2D eigenvalue weighted by atomic mass is 15.2. The molecule has 3 fully saturated rings. The normalized spacial score (nSPS) is 33.5. The lowest BCUT2D eigenvalue weighted by molar-refractivity contribution is 0.0660. The molecule has 4 heteroatoms. The first-order valence-corrected chi connectivity index (χ1v) is 8.98. The molecule has 0 spiro atoms. The molecule has 1 aromatic heterocycles. The van der Waals surface area contributed by atoms with Crippen LogP contribution >= 0.6 is 0 Å². The maximum Gasteiger partial charge on any atom is 0.0552 e. The van der Waals surface area contributed by atoms with Crippen molar-refractivity contribution < 1.29 is 0 Å². The van der Waals surface area contributed by atoms with Crippen LogP contribution in [0.3, 0.4) is 0 Å². The van der Waals surface area contributed by atoms with Crippen molar-refractivity contribution in [1.29, 1.82) is 0 Å². The summed E-state index contributed by atoms with van der Waals surface area (Å²) < 4.78 is 0. The summed E-state index contributed by atoms with van der Waals surface area (Å²) in [6.45, 7) is 7.45. The monoisotopic (exact) mass is 300 g/mol. The minimum absolute atomic E-state index is 0.824. The first-order valence-electron chi connectivity index (χ1n) is 8.98. The fraction of sp³-hybridized carbons (Fsp3) is 0.722. The summed E-state index contributed by atoms with van der Waals surface area (Å²) >= 11 is 0. The van der Waals surface area contributed by atoms with Crippen LogP contribution in [0.25, 0.3) is 0 Å². The van der Waals surface area contributed by atoms with E-state index in [2.05, 4.69) is 32.2 Å². The van der Waals surface area contributed by atoms with E-state index in [1.165, 1.54) is 70.6 Å². The van der Waals surface area contributed by atoms with Crippen molar-refractivity contribution in [2.45, 2.75) is 31.7 Å². The predicted octanol–water partition coefficient (Wildman–Crippen LogP) is 1.98. The first kappa shape index (κ1) is 14.5. The van der Waals surface area contributed by atoms with Crippen LogP contribution in [0.15, 0.2) is 24.5 Å². The lowest BCUT2D eigenvalue weighted by Crippen LogP contribution is -2.55. The van der Waals surface area contributed by atoms with Gasteiger partial charge < -0.3 is 10.2 Å². The summed E-state index contributed by atoms with van der Waals surface area (Å²) in [6.07, 6.45) is 9.40. The first-order chi connectivity index (χ1) is 10.9. The standard InChI is InChI=1S/C18H28N4/c1-3-17(5-8-19-6-1)21-11-15-9-16(12-21)14-22(13-15)18-4-2-7-20-10-18/h2,4,7,10,15-17,19H,1,3,5-6,8-9,11-14H2. The Morgan fingerprint density at radius 2 is 1.91 bits per heavy atom. The summed E-state index contributed by atoms with van der Waals surface area (Å²) in [5, 5.41) is 3.55. The van der Waals surface area contributed by atoms with E-state index >= 15 is 0 Å². The number of pyridine rings is 1. The number of rotatable bonds is 2. The van der Waals surface area contributed by atoms with Gasteiger partial charge >= 0.3 is 0 Å². The zero-order chi connectivity index (χ0) is 14.8. The summed E-state index contributed by atoms with van der Waals surface area (Å²) in [4.78, 5) is 9.69. The van der Waals surface area contributed by atoms with Gasteiger partial charge in [-0.05, 0) is 62.7 Å². The molecule has 4 nitrogen and oxygen atoms in total. The highest BCUT2D eigenvalue weighted by molar-refractivity contribution is 5.44. The quantitative estimate of drug-likeness (QED) is 0.905. The van der Waals surface area contributed by atoms with Crippen LogP contribution in [0.4, 0.5) is 5.69 Å². The summed E-state index contributed by atoms with van der Waals surface area (Å²) in [5.41, 5.74) is 1.31. The van der Waals surface area contributed by atoms with Gasteiger partial charge in [0.2, 0.25) is 0 Å². The molecule has 3 aliphatic rings. The third-order valence-electron chi connectivity index (χ3n) is 5.68. The van der Waals surface area contributed by atoms with Crippen molar-refractivity contribution in [3.8, 4) is 0 Å². The van der Waals surface area contributed by atoms with Gasteiger partial charge in [0.1, 0.15) is 0 Å². The largest absolute Gasteiger partial charge is 0.370 e. The summed E-state index contributed by atoms with van der Waals surface area (Å²) in [5.74, 6) is 1.67. The molecule has 0 aromatic carbocycles. The van der Waals surface area contributed by atoms with Crippen molar-refractivity contribution in [2.75, 3.05) is 44.2 Å². The number of fused-ring (bicyclic) bond motifs is 2. The molecule has 3 saturated heterocycles. The molecule has 2 bridgehead atoms. The van der Waals surface area contributed by atoms with Crippen LogP contribution in [0.5, 0.6) is 0 Å². The average Bonchev–Trinajstić information content (AvgIpc) is 2.84. The molecule has 0 aliphatic carbocycles. The van der Waals surface area contributed by atoms with Gasteiger partial charge in [-0.1, -0.05) is 0 Å². The van der Waals surface area contributed by atoms with Crippen LogP contribution in [-0.4, -0.2) is 55.2 Å².